The predicted molar refractivity (Wildman–Crippen MR) is 83.7 cm³/mol. The van der Waals surface area contributed by atoms with Gasteiger partial charge in [-0.1, -0.05) is 24.6 Å². The number of carbonyl (C=O) groups excluding carboxylic acids is 2. The molecule has 0 spiro atoms. The summed E-state index contributed by atoms with van der Waals surface area (Å²) in [6, 6.07) is 6.33. The smallest absolute Gasteiger partial charge is 0.329 e. The molecule has 1 aromatic carbocycles. The van der Waals surface area contributed by atoms with Gasteiger partial charge in [0.25, 0.3) is 5.91 Å². The van der Waals surface area contributed by atoms with Gasteiger partial charge in [-0.3, -0.25) is 14.5 Å². The van der Waals surface area contributed by atoms with E-state index in [2.05, 4.69) is 0 Å². The van der Waals surface area contributed by atoms with Crippen LogP contribution in [0.3, 0.4) is 0 Å². The first-order valence-corrected chi connectivity index (χ1v) is 7.48. The van der Waals surface area contributed by atoms with Crippen molar-refractivity contribution in [2.45, 2.75) is 31.7 Å². The van der Waals surface area contributed by atoms with E-state index in [0.717, 1.165) is 6.42 Å². The number of aliphatic hydroxyl groups excluding tert-OH is 1. The Labute approximate surface area is 134 Å². The summed E-state index contributed by atoms with van der Waals surface area (Å²) >= 11 is 0. The van der Waals surface area contributed by atoms with Crippen molar-refractivity contribution in [3.05, 3.63) is 35.9 Å². The lowest BCUT2D eigenvalue weighted by molar-refractivity contribution is -0.149. The molecule has 0 saturated carbocycles. The van der Waals surface area contributed by atoms with Crippen molar-refractivity contribution in [1.29, 1.82) is 0 Å². The number of aliphatic carboxylic acids is 1. The zero-order valence-corrected chi connectivity index (χ0v) is 12.9. The van der Waals surface area contributed by atoms with Gasteiger partial charge < -0.3 is 15.9 Å². The number of carbonyl (C=O) groups is 3. The van der Waals surface area contributed by atoms with Crippen LogP contribution in [-0.4, -0.2) is 52.1 Å². The molecule has 1 atom stereocenters. The molecule has 0 aliphatic heterocycles. The Bertz CT molecular complexity index is 533. The lowest BCUT2D eigenvalue weighted by Gasteiger charge is -2.26. The van der Waals surface area contributed by atoms with Crippen molar-refractivity contribution >= 4 is 17.8 Å². The molecule has 4 N–H and O–H groups in total. The summed E-state index contributed by atoms with van der Waals surface area (Å²) in [4.78, 5) is 36.7. The molecule has 1 rings (SSSR count). The van der Waals surface area contributed by atoms with Crippen molar-refractivity contribution in [1.82, 2.24) is 4.90 Å². The van der Waals surface area contributed by atoms with Gasteiger partial charge in [0.15, 0.2) is 6.04 Å². The summed E-state index contributed by atoms with van der Waals surface area (Å²) in [6.45, 7) is -0.322. The summed E-state index contributed by atoms with van der Waals surface area (Å²) < 4.78 is 0. The fourth-order valence-corrected chi connectivity index (χ4v) is 2.14. The maximum atomic E-state index is 12.5. The topological polar surface area (TPSA) is 121 Å². The molecule has 0 radical (unpaired) electrons. The molecule has 126 valence electrons. The molecule has 0 fully saturated rings. The van der Waals surface area contributed by atoms with Gasteiger partial charge in [0.05, 0.1) is 6.61 Å². The van der Waals surface area contributed by atoms with Gasteiger partial charge in [0, 0.05) is 12.0 Å². The molecule has 0 unspecified atom stereocenters. The van der Waals surface area contributed by atoms with Crippen molar-refractivity contribution in [3.8, 4) is 0 Å². The number of rotatable bonds is 9. The van der Waals surface area contributed by atoms with E-state index in [0.29, 0.717) is 24.3 Å². The van der Waals surface area contributed by atoms with E-state index in [1.54, 1.807) is 18.2 Å². The van der Waals surface area contributed by atoms with Crippen LogP contribution in [0.5, 0.6) is 0 Å². The van der Waals surface area contributed by atoms with E-state index < -0.39 is 30.4 Å². The summed E-state index contributed by atoms with van der Waals surface area (Å²) in [5, 5.41) is 18.5. The second kappa shape index (κ2) is 9.70. The molecule has 23 heavy (non-hydrogen) atoms. The third-order valence-corrected chi connectivity index (χ3v) is 3.37. The van der Waals surface area contributed by atoms with Gasteiger partial charge in [-0.15, -0.1) is 0 Å². The maximum absolute atomic E-state index is 12.5. The minimum Gasteiger partial charge on any atom is -0.480 e. The van der Waals surface area contributed by atoms with Crippen LogP contribution in [0.1, 0.15) is 36.0 Å². The quantitative estimate of drug-likeness (QED) is 0.573. The monoisotopic (exact) mass is 322 g/mol. The molecule has 0 bridgehead atoms. The number of unbranched alkanes of at least 4 members (excludes halogenated alkanes) is 2. The Hall–Kier alpha value is -2.25. The van der Waals surface area contributed by atoms with Crippen LogP contribution in [0, 0.1) is 0 Å². The number of nitrogens with zero attached hydrogens (tertiary/aromatic N) is 1. The average Bonchev–Trinajstić information content (AvgIpc) is 2.56. The first kappa shape index (κ1) is 18.8. The second-order valence-corrected chi connectivity index (χ2v) is 5.07. The standard InChI is InChI=1S/C16H22N2O5/c17-10-6-2-5-9-14(20)18(13(11-19)16(22)23)15(21)12-7-3-1-4-8-12/h1,3-4,7-8,13,19H,2,5-6,9-11,17H2,(H,22,23)/t13-/m0/s1. The van der Waals surface area contributed by atoms with Gasteiger partial charge in [0.1, 0.15) is 0 Å². The molecular formula is C16H22N2O5. The summed E-state index contributed by atoms with van der Waals surface area (Å²) in [7, 11) is 0. The van der Waals surface area contributed by atoms with Gasteiger partial charge in [-0.2, -0.15) is 0 Å². The highest BCUT2D eigenvalue weighted by Gasteiger charge is 2.34. The van der Waals surface area contributed by atoms with Gasteiger partial charge in [-0.05, 0) is 31.5 Å². The first-order valence-electron chi connectivity index (χ1n) is 7.48. The van der Waals surface area contributed by atoms with E-state index in [4.69, 9.17) is 5.73 Å². The van der Waals surface area contributed by atoms with Crippen molar-refractivity contribution in [2.75, 3.05) is 13.2 Å². The zero-order valence-electron chi connectivity index (χ0n) is 12.9. The fraction of sp³-hybridized carbons (Fsp3) is 0.438. The van der Waals surface area contributed by atoms with Crippen LogP contribution in [0.25, 0.3) is 0 Å². The molecular weight excluding hydrogens is 300 g/mol. The van der Waals surface area contributed by atoms with Crippen molar-refractivity contribution < 1.29 is 24.6 Å². The number of nitrogens with two attached hydrogens (primary N) is 1. The lowest BCUT2D eigenvalue weighted by Crippen LogP contribution is -2.50. The SMILES string of the molecule is NCCCCCC(=O)N(C(=O)c1ccccc1)[C@@H](CO)C(=O)O. The number of carboxylic acids is 1. The fourth-order valence-electron chi connectivity index (χ4n) is 2.14. The Kier molecular flexibility index (Phi) is 7.93. The van der Waals surface area contributed by atoms with Crippen LogP contribution >= 0.6 is 0 Å². The van der Waals surface area contributed by atoms with Gasteiger partial charge >= 0.3 is 5.97 Å². The zero-order chi connectivity index (χ0) is 17.2. The molecule has 0 heterocycles. The molecule has 0 aliphatic rings. The molecule has 7 heteroatoms. The number of imide groups is 1. The van der Waals surface area contributed by atoms with Gasteiger partial charge in [-0.25, -0.2) is 4.79 Å². The number of benzene rings is 1. The average molecular weight is 322 g/mol. The summed E-state index contributed by atoms with van der Waals surface area (Å²) in [6.07, 6.45) is 2.00. The van der Waals surface area contributed by atoms with Gasteiger partial charge in [0.2, 0.25) is 5.91 Å². The van der Waals surface area contributed by atoms with Crippen LogP contribution in [0.4, 0.5) is 0 Å². The predicted octanol–water partition coefficient (Wildman–Crippen LogP) is 0.620. The third-order valence-electron chi connectivity index (χ3n) is 3.37. The van der Waals surface area contributed by atoms with Crippen LogP contribution in [0.2, 0.25) is 0 Å². The third kappa shape index (κ3) is 5.46. The van der Waals surface area contributed by atoms with E-state index in [9.17, 15) is 24.6 Å². The van der Waals surface area contributed by atoms with E-state index in [1.165, 1.54) is 12.1 Å². The minimum atomic E-state index is -1.59. The number of hydrogen-bond donors (Lipinski definition) is 3. The Morgan fingerprint density at radius 1 is 1.09 bits per heavy atom. The summed E-state index contributed by atoms with van der Waals surface area (Å²) in [5.41, 5.74) is 5.58. The highest BCUT2D eigenvalue weighted by molar-refractivity contribution is 6.07. The number of carboxylic acid groups (broad SMARTS) is 1. The number of hydrogen-bond acceptors (Lipinski definition) is 5. The van der Waals surface area contributed by atoms with E-state index >= 15 is 0 Å². The van der Waals surface area contributed by atoms with E-state index in [1.807, 2.05) is 0 Å². The molecule has 0 aliphatic carbocycles. The maximum Gasteiger partial charge on any atom is 0.329 e. The van der Waals surface area contributed by atoms with Crippen molar-refractivity contribution in [3.63, 3.8) is 0 Å². The minimum absolute atomic E-state index is 0.0301. The van der Waals surface area contributed by atoms with Crippen molar-refractivity contribution in [2.24, 2.45) is 5.73 Å². The Morgan fingerprint density at radius 2 is 1.74 bits per heavy atom. The number of amides is 2. The second-order valence-electron chi connectivity index (χ2n) is 5.07. The number of aliphatic hydroxyl groups is 1. The molecule has 2 amide bonds. The molecule has 1 aromatic rings. The first-order chi connectivity index (χ1) is 11.0. The van der Waals surface area contributed by atoms with E-state index in [-0.39, 0.29) is 12.0 Å². The summed E-state index contributed by atoms with van der Waals surface area (Å²) in [5.74, 6) is -2.76. The van der Waals surface area contributed by atoms with Crippen LogP contribution in [-0.2, 0) is 9.59 Å². The molecule has 0 aromatic heterocycles. The normalized spacial score (nSPS) is 11.7. The Morgan fingerprint density at radius 3 is 2.26 bits per heavy atom. The lowest BCUT2D eigenvalue weighted by atomic mass is 10.1. The molecule has 0 saturated heterocycles. The highest BCUT2D eigenvalue weighted by atomic mass is 16.4. The van der Waals surface area contributed by atoms with Crippen LogP contribution in [0.15, 0.2) is 30.3 Å². The van der Waals surface area contributed by atoms with Crippen LogP contribution < -0.4 is 5.73 Å². The Balaban J connectivity index is 2.95. The molecule has 7 nitrogen and oxygen atoms in total. The highest BCUT2D eigenvalue weighted by Crippen LogP contribution is 2.13. The largest absolute Gasteiger partial charge is 0.480 e.